The van der Waals surface area contributed by atoms with E-state index in [-0.39, 0.29) is 29.7 Å². The summed E-state index contributed by atoms with van der Waals surface area (Å²) < 4.78 is 48.4. The highest BCUT2D eigenvalue weighted by Crippen LogP contribution is 2.24. The summed E-state index contributed by atoms with van der Waals surface area (Å²) in [6.07, 6.45) is -1.80. The Balaban J connectivity index is 1.50. The van der Waals surface area contributed by atoms with Crippen molar-refractivity contribution in [2.24, 2.45) is 0 Å². The van der Waals surface area contributed by atoms with E-state index in [2.05, 4.69) is 25.3 Å². The van der Waals surface area contributed by atoms with Crippen LogP contribution in [0.5, 0.6) is 5.75 Å². The minimum atomic E-state index is -4.80. The molecule has 4 rings (SSSR count). The van der Waals surface area contributed by atoms with Gasteiger partial charge in [-0.3, -0.25) is 14.2 Å². The molecule has 1 atom stereocenters. The average molecular weight is 438 g/mol. The van der Waals surface area contributed by atoms with Crippen molar-refractivity contribution in [1.82, 2.24) is 29.9 Å². The number of carbonyl (C=O) groups is 1. The predicted molar refractivity (Wildman–Crippen MR) is 99.6 cm³/mol. The van der Waals surface area contributed by atoms with Gasteiger partial charge < -0.3 is 14.8 Å². The van der Waals surface area contributed by atoms with Crippen molar-refractivity contribution >= 4 is 17.1 Å². The lowest BCUT2D eigenvalue weighted by Crippen LogP contribution is -2.36. The molecule has 3 heterocycles. The molecule has 1 aliphatic heterocycles. The topological polar surface area (TPSA) is 113 Å². The molecule has 0 aliphatic carbocycles. The summed E-state index contributed by atoms with van der Waals surface area (Å²) in [6, 6.07) is 4.85. The van der Waals surface area contributed by atoms with Crippen molar-refractivity contribution < 1.29 is 27.4 Å². The largest absolute Gasteiger partial charge is 0.573 e. The molecule has 1 amide bonds. The zero-order chi connectivity index (χ0) is 22.0. The first-order chi connectivity index (χ1) is 14.8. The van der Waals surface area contributed by atoms with Gasteiger partial charge in [-0.15, -0.1) is 18.3 Å². The van der Waals surface area contributed by atoms with Crippen LogP contribution in [0.2, 0.25) is 0 Å². The Labute approximate surface area is 172 Å². The average Bonchev–Trinajstić information content (AvgIpc) is 3.38. The maximum Gasteiger partial charge on any atom is 0.573 e. The molecule has 0 saturated carbocycles. The maximum atomic E-state index is 12.6. The smallest absolute Gasteiger partial charge is 0.406 e. The first kappa shape index (κ1) is 20.8. The van der Waals surface area contributed by atoms with Gasteiger partial charge in [0.25, 0.3) is 5.56 Å². The van der Waals surface area contributed by atoms with Gasteiger partial charge in [0.2, 0.25) is 5.91 Å². The summed E-state index contributed by atoms with van der Waals surface area (Å²) in [4.78, 5) is 28.9. The van der Waals surface area contributed by atoms with Crippen LogP contribution in [-0.2, 0) is 16.1 Å². The highest BCUT2D eigenvalue weighted by molar-refractivity contribution is 5.76. The number of fused-ring (bicyclic) bond motifs is 1. The van der Waals surface area contributed by atoms with Gasteiger partial charge in [0.05, 0.1) is 11.8 Å². The standard InChI is InChI=1S/C18H17F3N6O4/c19-18(20,21)31-12-5-3-11(4-6-12)27-16-15(24-25-27)17(29)26(10-23-16)9-14(28)22-8-13-2-1-7-30-13/h3-6,10,13H,1-2,7-9H2,(H,22,28)/t13-/m0/s1. The highest BCUT2D eigenvalue weighted by Gasteiger charge is 2.31. The molecule has 0 unspecified atom stereocenters. The van der Waals surface area contributed by atoms with Crippen LogP contribution in [0.1, 0.15) is 12.8 Å². The lowest BCUT2D eigenvalue weighted by molar-refractivity contribution is -0.274. The van der Waals surface area contributed by atoms with Gasteiger partial charge in [-0.2, -0.15) is 4.68 Å². The van der Waals surface area contributed by atoms with Crippen LogP contribution in [0.3, 0.4) is 0 Å². The lowest BCUT2D eigenvalue weighted by Gasteiger charge is -2.11. The molecule has 0 radical (unpaired) electrons. The van der Waals surface area contributed by atoms with Gasteiger partial charge in [0, 0.05) is 13.2 Å². The number of amides is 1. The third-order valence-corrected chi connectivity index (χ3v) is 4.61. The van der Waals surface area contributed by atoms with Crippen molar-refractivity contribution in [3.8, 4) is 11.4 Å². The second kappa shape index (κ2) is 8.34. The number of hydrogen-bond acceptors (Lipinski definition) is 7. The molecule has 10 nitrogen and oxygen atoms in total. The predicted octanol–water partition coefficient (Wildman–Crippen LogP) is 1.17. The molecule has 1 fully saturated rings. The molecule has 31 heavy (non-hydrogen) atoms. The van der Waals surface area contributed by atoms with E-state index in [1.165, 1.54) is 23.1 Å². The Bertz CT molecular complexity index is 1140. The maximum absolute atomic E-state index is 12.6. The van der Waals surface area contributed by atoms with Gasteiger partial charge in [-0.25, -0.2) is 4.98 Å². The number of carbonyl (C=O) groups excluding carboxylic acids is 1. The van der Waals surface area contributed by atoms with Crippen LogP contribution >= 0.6 is 0 Å². The molecule has 164 valence electrons. The minimum absolute atomic E-state index is 0.0194. The highest BCUT2D eigenvalue weighted by atomic mass is 19.4. The Morgan fingerprint density at radius 1 is 1.29 bits per heavy atom. The number of aromatic nitrogens is 5. The quantitative estimate of drug-likeness (QED) is 0.615. The van der Waals surface area contributed by atoms with E-state index in [1.807, 2.05) is 0 Å². The van der Waals surface area contributed by atoms with Crippen LogP contribution in [0.15, 0.2) is 35.4 Å². The molecule has 1 saturated heterocycles. The third-order valence-electron chi connectivity index (χ3n) is 4.61. The summed E-state index contributed by atoms with van der Waals surface area (Å²) in [5.41, 5.74) is -0.216. The fourth-order valence-corrected chi connectivity index (χ4v) is 3.16. The summed E-state index contributed by atoms with van der Waals surface area (Å²) in [5.74, 6) is -0.767. The lowest BCUT2D eigenvalue weighted by atomic mass is 10.2. The molecule has 3 aromatic rings. The van der Waals surface area contributed by atoms with Crippen molar-refractivity contribution in [2.45, 2.75) is 31.9 Å². The molecule has 1 aromatic carbocycles. The zero-order valence-corrected chi connectivity index (χ0v) is 16.0. The Kier molecular flexibility index (Phi) is 5.59. The molecule has 2 aromatic heterocycles. The number of halogens is 3. The molecule has 0 bridgehead atoms. The molecule has 1 N–H and O–H groups in total. The summed E-state index contributed by atoms with van der Waals surface area (Å²) in [6.45, 7) is 0.798. The number of rotatable bonds is 6. The van der Waals surface area contributed by atoms with E-state index in [4.69, 9.17) is 4.74 Å². The zero-order valence-electron chi connectivity index (χ0n) is 16.0. The van der Waals surface area contributed by atoms with Crippen LogP contribution < -0.4 is 15.6 Å². The monoisotopic (exact) mass is 438 g/mol. The van der Waals surface area contributed by atoms with E-state index in [0.29, 0.717) is 18.8 Å². The van der Waals surface area contributed by atoms with E-state index in [0.717, 1.165) is 29.5 Å². The fraction of sp³-hybridized carbons (Fsp3) is 0.389. The van der Waals surface area contributed by atoms with E-state index in [9.17, 15) is 22.8 Å². The first-order valence-electron chi connectivity index (χ1n) is 9.35. The van der Waals surface area contributed by atoms with Gasteiger partial charge in [-0.1, -0.05) is 5.21 Å². The van der Waals surface area contributed by atoms with Crippen LogP contribution in [0.25, 0.3) is 16.9 Å². The van der Waals surface area contributed by atoms with Crippen molar-refractivity contribution in [2.75, 3.05) is 13.2 Å². The van der Waals surface area contributed by atoms with E-state index in [1.54, 1.807) is 0 Å². The summed E-state index contributed by atoms with van der Waals surface area (Å²) in [5, 5.41) is 10.4. The Morgan fingerprint density at radius 3 is 2.74 bits per heavy atom. The molecule has 13 heteroatoms. The Morgan fingerprint density at radius 2 is 2.06 bits per heavy atom. The molecular weight excluding hydrogens is 421 g/mol. The number of nitrogens with zero attached hydrogens (tertiary/aromatic N) is 5. The number of ether oxygens (including phenoxy) is 2. The first-order valence-corrected chi connectivity index (χ1v) is 9.35. The SMILES string of the molecule is O=C(Cn1cnc2c(nnn2-c2ccc(OC(F)(F)F)cc2)c1=O)NC[C@@H]1CCCO1. The molecule has 0 spiro atoms. The molecule has 1 aliphatic rings. The minimum Gasteiger partial charge on any atom is -0.406 e. The number of alkyl halides is 3. The number of benzene rings is 1. The van der Waals surface area contributed by atoms with Gasteiger partial charge >= 0.3 is 6.36 Å². The Hall–Kier alpha value is -3.48. The van der Waals surface area contributed by atoms with Crippen LogP contribution in [0.4, 0.5) is 13.2 Å². The second-order valence-corrected chi connectivity index (χ2v) is 6.83. The fourth-order valence-electron chi connectivity index (χ4n) is 3.16. The van der Waals surface area contributed by atoms with E-state index < -0.39 is 17.7 Å². The normalized spacial score (nSPS) is 16.5. The number of hydrogen-bond donors (Lipinski definition) is 1. The van der Waals surface area contributed by atoms with Gasteiger partial charge in [-0.05, 0) is 37.1 Å². The van der Waals surface area contributed by atoms with E-state index >= 15 is 0 Å². The van der Waals surface area contributed by atoms with Gasteiger partial charge in [0.1, 0.15) is 18.6 Å². The second-order valence-electron chi connectivity index (χ2n) is 6.83. The summed E-state index contributed by atoms with van der Waals surface area (Å²) >= 11 is 0. The van der Waals surface area contributed by atoms with Crippen molar-refractivity contribution in [3.05, 3.63) is 40.9 Å². The van der Waals surface area contributed by atoms with Crippen molar-refractivity contribution in [3.63, 3.8) is 0 Å². The van der Waals surface area contributed by atoms with Crippen molar-refractivity contribution in [1.29, 1.82) is 0 Å². The van der Waals surface area contributed by atoms with Gasteiger partial charge in [0.15, 0.2) is 11.2 Å². The number of nitrogens with one attached hydrogen (secondary N) is 1. The van der Waals surface area contributed by atoms with Crippen LogP contribution in [-0.4, -0.2) is 56.1 Å². The molecular formula is C18H17F3N6O4. The van der Waals surface area contributed by atoms with Crippen LogP contribution in [0, 0.1) is 0 Å². The summed E-state index contributed by atoms with van der Waals surface area (Å²) in [7, 11) is 0. The third kappa shape index (κ3) is 4.82.